The second kappa shape index (κ2) is 9.51. The fraction of sp³-hybridized carbons (Fsp3) is 0.200. The largest absolute Gasteiger partial charge is 0.378 e. The van der Waals surface area contributed by atoms with Crippen LogP contribution in [-0.2, 0) is 4.74 Å². The number of fused-ring (bicyclic) bond motifs is 1. The highest BCUT2D eigenvalue weighted by Gasteiger charge is 2.22. The first-order valence-corrected chi connectivity index (χ1v) is 11.4. The minimum Gasteiger partial charge on any atom is -0.378 e. The number of benzene rings is 2. The number of halogens is 3. The smallest absolute Gasteiger partial charge is 0.151 e. The predicted molar refractivity (Wildman–Crippen MR) is 130 cm³/mol. The molecule has 5 rings (SSSR count). The number of pyridine rings is 1. The van der Waals surface area contributed by atoms with Crippen LogP contribution in [0.4, 0.5) is 10.1 Å². The van der Waals surface area contributed by atoms with Gasteiger partial charge in [-0.3, -0.25) is 4.98 Å². The van der Waals surface area contributed by atoms with Crippen LogP contribution in [0.15, 0.2) is 54.7 Å². The Balaban J connectivity index is 1.60. The van der Waals surface area contributed by atoms with Gasteiger partial charge in [0, 0.05) is 40.9 Å². The van der Waals surface area contributed by atoms with Crippen molar-refractivity contribution >= 4 is 39.8 Å². The summed E-state index contributed by atoms with van der Waals surface area (Å²) in [5.41, 5.74) is 3.59. The third-order valence-corrected chi connectivity index (χ3v) is 6.40. The van der Waals surface area contributed by atoms with E-state index in [4.69, 9.17) is 27.9 Å². The van der Waals surface area contributed by atoms with Crippen molar-refractivity contribution < 1.29 is 9.13 Å². The summed E-state index contributed by atoms with van der Waals surface area (Å²) in [6.45, 7) is 2.98. The van der Waals surface area contributed by atoms with Crippen LogP contribution in [0.2, 0.25) is 10.2 Å². The van der Waals surface area contributed by atoms with Gasteiger partial charge < -0.3 is 9.64 Å². The lowest BCUT2D eigenvalue weighted by Gasteiger charge is -2.29. The minimum absolute atomic E-state index is 0.137. The molecule has 1 fully saturated rings. The number of hydrogen-bond acceptors (Lipinski definition) is 6. The second-order valence-corrected chi connectivity index (χ2v) is 8.65. The molecule has 6 nitrogen and oxygen atoms in total. The van der Waals surface area contributed by atoms with Crippen molar-refractivity contribution in [1.29, 1.82) is 5.26 Å². The van der Waals surface area contributed by atoms with Gasteiger partial charge in [0.1, 0.15) is 11.7 Å². The lowest BCUT2D eigenvalue weighted by atomic mass is 9.92. The molecule has 0 radical (unpaired) electrons. The van der Waals surface area contributed by atoms with Gasteiger partial charge in [0.2, 0.25) is 0 Å². The van der Waals surface area contributed by atoms with Crippen molar-refractivity contribution in [3.8, 4) is 17.2 Å². The van der Waals surface area contributed by atoms with E-state index < -0.39 is 11.7 Å². The van der Waals surface area contributed by atoms with E-state index in [1.165, 1.54) is 6.07 Å². The summed E-state index contributed by atoms with van der Waals surface area (Å²) < 4.78 is 20.6. The van der Waals surface area contributed by atoms with E-state index in [0.29, 0.717) is 35.6 Å². The molecule has 1 unspecified atom stereocenters. The zero-order valence-corrected chi connectivity index (χ0v) is 19.4. The van der Waals surface area contributed by atoms with Crippen LogP contribution in [0.1, 0.15) is 17.2 Å². The molecule has 3 heterocycles. The average Bonchev–Trinajstić information content (AvgIpc) is 2.86. The lowest BCUT2D eigenvalue weighted by Crippen LogP contribution is -2.36. The molecular formula is C25H18Cl2FN5O. The molecule has 0 N–H and O–H groups in total. The maximum atomic E-state index is 15.2. The van der Waals surface area contributed by atoms with Gasteiger partial charge in [-0.15, -0.1) is 5.10 Å². The Kier molecular flexibility index (Phi) is 6.29. The van der Waals surface area contributed by atoms with Gasteiger partial charge in [-0.25, -0.2) is 4.39 Å². The van der Waals surface area contributed by atoms with E-state index >= 15 is 4.39 Å². The van der Waals surface area contributed by atoms with Gasteiger partial charge in [-0.05, 0) is 53.6 Å². The highest BCUT2D eigenvalue weighted by molar-refractivity contribution is 6.31. The van der Waals surface area contributed by atoms with Crippen molar-refractivity contribution in [2.75, 3.05) is 31.2 Å². The summed E-state index contributed by atoms with van der Waals surface area (Å²) in [5.74, 6) is -1.32. The standard InChI is InChI=1S/C25H18Cl2FN5O/c26-21-13-22(28)19(12-18(21)20(14-29)23-3-4-25(27)32-31-23)16-5-6-30-24-11-15(1-2-17(16)24)33-7-9-34-10-8-33/h1-6,11-13,20H,7-10H2. The van der Waals surface area contributed by atoms with E-state index in [-0.39, 0.29) is 10.2 Å². The van der Waals surface area contributed by atoms with E-state index in [1.807, 2.05) is 18.2 Å². The van der Waals surface area contributed by atoms with Gasteiger partial charge in [-0.1, -0.05) is 29.3 Å². The number of aromatic nitrogens is 3. The molecule has 170 valence electrons. The summed E-state index contributed by atoms with van der Waals surface area (Å²) in [6.07, 6.45) is 1.65. The van der Waals surface area contributed by atoms with E-state index in [2.05, 4.69) is 26.2 Å². The fourth-order valence-corrected chi connectivity index (χ4v) is 4.52. The molecule has 0 saturated carbocycles. The quantitative estimate of drug-likeness (QED) is 0.366. The van der Waals surface area contributed by atoms with Crippen molar-refractivity contribution in [3.05, 3.63) is 82.0 Å². The molecule has 1 aliphatic rings. The van der Waals surface area contributed by atoms with E-state index in [1.54, 1.807) is 30.5 Å². The molecule has 4 aromatic rings. The molecule has 9 heteroatoms. The summed E-state index contributed by atoms with van der Waals surface area (Å²) in [4.78, 5) is 6.75. The average molecular weight is 494 g/mol. The van der Waals surface area contributed by atoms with Crippen LogP contribution in [-0.4, -0.2) is 41.5 Å². The Morgan fingerprint density at radius 3 is 2.56 bits per heavy atom. The third kappa shape index (κ3) is 4.28. The topological polar surface area (TPSA) is 74.9 Å². The first-order valence-electron chi connectivity index (χ1n) is 10.6. The number of hydrogen-bond donors (Lipinski definition) is 0. The number of nitrogens with zero attached hydrogens (tertiary/aromatic N) is 5. The highest BCUT2D eigenvalue weighted by atomic mass is 35.5. The fourth-order valence-electron chi connectivity index (χ4n) is 4.16. The van der Waals surface area contributed by atoms with Crippen LogP contribution in [0.25, 0.3) is 22.0 Å². The summed E-state index contributed by atoms with van der Waals surface area (Å²) in [7, 11) is 0. The highest BCUT2D eigenvalue weighted by Crippen LogP contribution is 2.37. The van der Waals surface area contributed by atoms with Crippen LogP contribution in [0.5, 0.6) is 0 Å². The molecule has 0 bridgehead atoms. The number of anilines is 1. The van der Waals surface area contributed by atoms with Gasteiger partial charge >= 0.3 is 0 Å². The normalized spacial score (nSPS) is 14.7. The Morgan fingerprint density at radius 1 is 1.00 bits per heavy atom. The van der Waals surface area contributed by atoms with Crippen molar-refractivity contribution in [1.82, 2.24) is 15.2 Å². The molecule has 0 spiro atoms. The monoisotopic (exact) mass is 493 g/mol. The Labute approximate surface area is 205 Å². The van der Waals surface area contributed by atoms with Crippen LogP contribution >= 0.6 is 23.2 Å². The van der Waals surface area contributed by atoms with Crippen LogP contribution < -0.4 is 4.90 Å². The summed E-state index contributed by atoms with van der Waals surface area (Å²) in [5, 5.41) is 18.8. The zero-order valence-electron chi connectivity index (χ0n) is 17.9. The summed E-state index contributed by atoms with van der Waals surface area (Å²) in [6, 6.07) is 15.9. The van der Waals surface area contributed by atoms with Gasteiger partial charge in [-0.2, -0.15) is 10.4 Å². The molecule has 0 aliphatic carbocycles. The first-order chi connectivity index (χ1) is 16.5. The second-order valence-electron chi connectivity index (χ2n) is 7.86. The molecular weight excluding hydrogens is 476 g/mol. The molecule has 2 aromatic carbocycles. The van der Waals surface area contributed by atoms with Crippen molar-refractivity contribution in [2.45, 2.75) is 5.92 Å². The van der Waals surface area contributed by atoms with Crippen LogP contribution in [0.3, 0.4) is 0 Å². The molecule has 0 amide bonds. The van der Waals surface area contributed by atoms with E-state index in [0.717, 1.165) is 29.7 Å². The Hall–Kier alpha value is -3.31. The number of nitriles is 1. The maximum absolute atomic E-state index is 15.2. The summed E-state index contributed by atoms with van der Waals surface area (Å²) >= 11 is 12.2. The molecule has 2 aromatic heterocycles. The molecule has 1 atom stereocenters. The molecule has 1 aliphatic heterocycles. The number of rotatable bonds is 4. The molecule has 1 saturated heterocycles. The van der Waals surface area contributed by atoms with Gasteiger partial charge in [0.25, 0.3) is 0 Å². The van der Waals surface area contributed by atoms with E-state index in [9.17, 15) is 5.26 Å². The SMILES string of the molecule is N#CC(c1ccc(Cl)nn1)c1cc(-c2ccnc3cc(N4CCOCC4)ccc23)c(F)cc1Cl. The third-order valence-electron chi connectivity index (χ3n) is 5.87. The lowest BCUT2D eigenvalue weighted by molar-refractivity contribution is 0.122. The molecule has 34 heavy (non-hydrogen) atoms. The van der Waals surface area contributed by atoms with Crippen LogP contribution in [0, 0.1) is 17.1 Å². The Bertz CT molecular complexity index is 1400. The number of ether oxygens (including phenoxy) is 1. The van der Waals surface area contributed by atoms with Gasteiger partial charge in [0.15, 0.2) is 5.15 Å². The van der Waals surface area contributed by atoms with Crippen molar-refractivity contribution in [3.63, 3.8) is 0 Å². The van der Waals surface area contributed by atoms with Crippen molar-refractivity contribution in [2.24, 2.45) is 0 Å². The predicted octanol–water partition coefficient (Wildman–Crippen LogP) is 5.63. The van der Waals surface area contributed by atoms with Gasteiger partial charge in [0.05, 0.1) is 30.5 Å². The Morgan fingerprint density at radius 2 is 1.82 bits per heavy atom. The minimum atomic E-state index is -0.836. The first kappa shape index (κ1) is 22.5. The zero-order chi connectivity index (χ0) is 23.7. The number of morpholine rings is 1. The maximum Gasteiger partial charge on any atom is 0.151 e.